The van der Waals surface area contributed by atoms with Gasteiger partial charge in [0.25, 0.3) is 0 Å². The fourth-order valence-electron chi connectivity index (χ4n) is 1.66. The molecule has 0 heterocycles. The summed E-state index contributed by atoms with van der Waals surface area (Å²) >= 11 is 5.73. The Morgan fingerprint density at radius 2 is 1.72 bits per heavy atom. The highest BCUT2D eigenvalue weighted by atomic mass is 35.5. The van der Waals surface area contributed by atoms with Gasteiger partial charge in [-0.3, -0.25) is 0 Å². The topological polar surface area (TPSA) is 18.5 Å². The van der Waals surface area contributed by atoms with E-state index in [0.29, 0.717) is 12.5 Å². The van der Waals surface area contributed by atoms with Gasteiger partial charge >= 0.3 is 0 Å². The molecule has 0 bridgehead atoms. The molecule has 0 fully saturated rings. The van der Waals surface area contributed by atoms with Gasteiger partial charge < -0.3 is 9.47 Å². The van der Waals surface area contributed by atoms with Gasteiger partial charge in [-0.05, 0) is 23.8 Å². The van der Waals surface area contributed by atoms with Crippen LogP contribution < -0.4 is 9.47 Å². The summed E-state index contributed by atoms with van der Waals surface area (Å²) in [7, 11) is 1.66. The van der Waals surface area contributed by atoms with Gasteiger partial charge in [0.2, 0.25) is 0 Å². The van der Waals surface area contributed by atoms with Crippen molar-refractivity contribution in [2.75, 3.05) is 7.11 Å². The number of hydrogen-bond acceptors (Lipinski definition) is 2. The molecule has 0 radical (unpaired) electrons. The lowest BCUT2D eigenvalue weighted by Gasteiger charge is -2.10. The molecule has 2 aromatic rings. The second kappa shape index (κ2) is 6.31. The van der Waals surface area contributed by atoms with Crippen LogP contribution in [0, 0.1) is 0 Å². The Balaban J connectivity index is 2.02. The molecule has 0 aliphatic rings. The molecule has 2 aromatic carbocycles. The van der Waals surface area contributed by atoms with E-state index in [-0.39, 0.29) is 0 Å². The molecule has 0 spiro atoms. The monoisotopic (exact) mass is 262 g/mol. The summed E-state index contributed by atoms with van der Waals surface area (Å²) in [5, 5.41) is 0. The van der Waals surface area contributed by atoms with Gasteiger partial charge in [-0.1, -0.05) is 30.3 Å². The number of benzene rings is 2. The lowest BCUT2D eigenvalue weighted by molar-refractivity contribution is 0.296. The van der Waals surface area contributed by atoms with E-state index in [0.717, 1.165) is 22.6 Å². The van der Waals surface area contributed by atoms with Gasteiger partial charge in [-0.15, -0.1) is 11.6 Å². The molecule has 3 heteroatoms. The molecule has 0 saturated heterocycles. The summed E-state index contributed by atoms with van der Waals surface area (Å²) in [6.07, 6.45) is 0. The minimum Gasteiger partial charge on any atom is -0.496 e. The van der Waals surface area contributed by atoms with Crippen LogP contribution in [0.25, 0.3) is 0 Å². The number of hydrogen-bond donors (Lipinski definition) is 0. The van der Waals surface area contributed by atoms with E-state index in [1.54, 1.807) is 7.11 Å². The van der Waals surface area contributed by atoms with Crippen molar-refractivity contribution in [2.24, 2.45) is 0 Å². The molecule has 18 heavy (non-hydrogen) atoms. The van der Waals surface area contributed by atoms with Gasteiger partial charge in [0.05, 0.1) is 7.11 Å². The molecule has 0 N–H and O–H groups in total. The summed E-state index contributed by atoms with van der Waals surface area (Å²) in [5.41, 5.74) is 2.11. The number of alkyl halides is 1. The van der Waals surface area contributed by atoms with Gasteiger partial charge in [-0.2, -0.15) is 0 Å². The van der Waals surface area contributed by atoms with Crippen LogP contribution in [0.1, 0.15) is 11.1 Å². The number of methoxy groups -OCH3 is 1. The maximum absolute atomic E-state index is 5.73. The van der Waals surface area contributed by atoms with E-state index in [9.17, 15) is 0 Å². The largest absolute Gasteiger partial charge is 0.496 e. The summed E-state index contributed by atoms with van der Waals surface area (Å²) in [5.74, 6) is 2.19. The van der Waals surface area contributed by atoms with E-state index in [1.807, 2.05) is 48.5 Å². The van der Waals surface area contributed by atoms with Crippen LogP contribution in [0.2, 0.25) is 0 Å². The molecular formula is C15H15ClO2. The highest BCUT2D eigenvalue weighted by molar-refractivity contribution is 6.17. The summed E-state index contributed by atoms with van der Waals surface area (Å²) in [4.78, 5) is 0. The summed E-state index contributed by atoms with van der Waals surface area (Å²) in [6, 6.07) is 15.6. The molecule has 0 atom stereocenters. The Bertz CT molecular complexity index is 494. The minimum atomic E-state index is 0.490. The van der Waals surface area contributed by atoms with Gasteiger partial charge in [0.1, 0.15) is 18.1 Å². The van der Waals surface area contributed by atoms with Crippen LogP contribution in [0.4, 0.5) is 0 Å². The average molecular weight is 263 g/mol. The quantitative estimate of drug-likeness (QED) is 0.758. The van der Waals surface area contributed by atoms with Crippen LogP contribution >= 0.6 is 11.6 Å². The third-order valence-electron chi connectivity index (χ3n) is 2.66. The van der Waals surface area contributed by atoms with E-state index < -0.39 is 0 Å². The van der Waals surface area contributed by atoms with Crippen molar-refractivity contribution >= 4 is 11.6 Å². The first kappa shape index (κ1) is 12.8. The molecule has 0 unspecified atom stereocenters. The van der Waals surface area contributed by atoms with E-state index in [1.165, 1.54) is 0 Å². The SMILES string of the molecule is COc1ccccc1COc1ccc(CCl)cc1. The van der Waals surface area contributed by atoms with Crippen molar-refractivity contribution in [3.05, 3.63) is 59.7 Å². The first-order chi connectivity index (χ1) is 8.83. The summed E-state index contributed by atoms with van der Waals surface area (Å²) in [6.45, 7) is 0.490. The van der Waals surface area contributed by atoms with Crippen LogP contribution in [0.15, 0.2) is 48.5 Å². The number of halogens is 1. The smallest absolute Gasteiger partial charge is 0.125 e. The fourth-order valence-corrected chi connectivity index (χ4v) is 1.84. The van der Waals surface area contributed by atoms with Crippen molar-refractivity contribution in [3.63, 3.8) is 0 Å². The second-order valence-corrected chi connectivity index (χ2v) is 4.15. The Kier molecular flexibility index (Phi) is 4.48. The maximum atomic E-state index is 5.73. The number of rotatable bonds is 5. The van der Waals surface area contributed by atoms with Crippen molar-refractivity contribution in [1.82, 2.24) is 0 Å². The highest BCUT2D eigenvalue weighted by Crippen LogP contribution is 2.20. The Morgan fingerprint density at radius 1 is 1.00 bits per heavy atom. The van der Waals surface area contributed by atoms with E-state index in [4.69, 9.17) is 21.1 Å². The molecule has 0 saturated carbocycles. The fraction of sp³-hybridized carbons (Fsp3) is 0.200. The first-order valence-corrected chi connectivity index (χ1v) is 6.26. The Hall–Kier alpha value is -1.67. The third kappa shape index (κ3) is 3.17. The lowest BCUT2D eigenvalue weighted by atomic mass is 10.2. The first-order valence-electron chi connectivity index (χ1n) is 5.73. The number of ether oxygens (including phenoxy) is 2. The molecular weight excluding hydrogens is 248 g/mol. The second-order valence-electron chi connectivity index (χ2n) is 3.88. The molecule has 0 aliphatic heterocycles. The summed E-state index contributed by atoms with van der Waals surface area (Å²) < 4.78 is 11.0. The number of para-hydroxylation sites is 1. The normalized spacial score (nSPS) is 10.1. The predicted octanol–water partition coefficient (Wildman–Crippen LogP) is 4.01. The van der Waals surface area contributed by atoms with E-state index in [2.05, 4.69) is 0 Å². The molecule has 0 aromatic heterocycles. The van der Waals surface area contributed by atoms with Crippen LogP contribution in [0.3, 0.4) is 0 Å². The van der Waals surface area contributed by atoms with Gasteiger partial charge in [-0.25, -0.2) is 0 Å². The molecule has 94 valence electrons. The molecule has 2 nitrogen and oxygen atoms in total. The standard InChI is InChI=1S/C15H15ClO2/c1-17-15-5-3-2-4-13(15)11-18-14-8-6-12(10-16)7-9-14/h2-9H,10-11H2,1H3. The highest BCUT2D eigenvalue weighted by Gasteiger charge is 2.02. The van der Waals surface area contributed by atoms with Gasteiger partial charge in [0, 0.05) is 11.4 Å². The van der Waals surface area contributed by atoms with Crippen LogP contribution in [-0.4, -0.2) is 7.11 Å². The Morgan fingerprint density at radius 3 is 2.39 bits per heavy atom. The Labute approximate surface area is 112 Å². The van der Waals surface area contributed by atoms with Crippen molar-refractivity contribution in [3.8, 4) is 11.5 Å². The third-order valence-corrected chi connectivity index (χ3v) is 2.97. The zero-order valence-electron chi connectivity index (χ0n) is 10.2. The molecule has 2 rings (SSSR count). The molecule has 0 aliphatic carbocycles. The zero-order valence-corrected chi connectivity index (χ0v) is 11.0. The average Bonchev–Trinajstić information content (AvgIpc) is 2.46. The van der Waals surface area contributed by atoms with Crippen LogP contribution in [-0.2, 0) is 12.5 Å². The zero-order chi connectivity index (χ0) is 12.8. The lowest BCUT2D eigenvalue weighted by Crippen LogP contribution is -1.98. The van der Waals surface area contributed by atoms with Crippen molar-refractivity contribution < 1.29 is 9.47 Å². The van der Waals surface area contributed by atoms with Gasteiger partial charge in [0.15, 0.2) is 0 Å². The predicted molar refractivity (Wildman–Crippen MR) is 73.3 cm³/mol. The van der Waals surface area contributed by atoms with E-state index >= 15 is 0 Å². The minimum absolute atomic E-state index is 0.490. The maximum Gasteiger partial charge on any atom is 0.125 e. The van der Waals surface area contributed by atoms with Crippen molar-refractivity contribution in [1.29, 1.82) is 0 Å². The van der Waals surface area contributed by atoms with Crippen LogP contribution in [0.5, 0.6) is 11.5 Å². The molecule has 0 amide bonds. The van der Waals surface area contributed by atoms with Crippen molar-refractivity contribution in [2.45, 2.75) is 12.5 Å².